The maximum Gasteiger partial charge on any atom is 0.280 e. The van der Waals surface area contributed by atoms with Gasteiger partial charge in [0.05, 0.1) is 16.1 Å². The van der Waals surface area contributed by atoms with Crippen molar-refractivity contribution in [2.45, 2.75) is 11.3 Å². The van der Waals surface area contributed by atoms with Gasteiger partial charge in [0.1, 0.15) is 17.3 Å². The van der Waals surface area contributed by atoms with Crippen molar-refractivity contribution < 1.29 is 26.8 Å². The molecule has 4 rings (SSSR count). The fourth-order valence-corrected chi connectivity index (χ4v) is 4.23. The van der Waals surface area contributed by atoms with Crippen LogP contribution in [0.4, 0.5) is 14.5 Å². The molecule has 0 radical (unpaired) electrons. The van der Waals surface area contributed by atoms with E-state index in [2.05, 4.69) is 4.98 Å². The first kappa shape index (κ1) is 20.6. The van der Waals surface area contributed by atoms with Crippen molar-refractivity contribution in [3.63, 3.8) is 0 Å². The number of rotatable bonds is 6. The number of hydrogen-bond acceptors (Lipinski definition) is 5. The maximum absolute atomic E-state index is 13.7. The number of imide groups is 1. The average molecular weight is 443 g/mol. The predicted molar refractivity (Wildman–Crippen MR) is 107 cm³/mol. The van der Waals surface area contributed by atoms with Gasteiger partial charge >= 0.3 is 0 Å². The van der Waals surface area contributed by atoms with E-state index < -0.39 is 39.2 Å². The Labute approximate surface area is 176 Å². The van der Waals surface area contributed by atoms with Crippen LogP contribution in [0, 0.1) is 11.6 Å². The summed E-state index contributed by atoms with van der Waals surface area (Å²) in [6.07, 6.45) is 1.74. The summed E-state index contributed by atoms with van der Waals surface area (Å²) in [7, 11) is -4.14. The Kier molecular flexibility index (Phi) is 5.24. The van der Waals surface area contributed by atoms with Crippen molar-refractivity contribution in [1.82, 2.24) is 9.88 Å². The van der Waals surface area contributed by atoms with E-state index in [0.717, 1.165) is 23.1 Å². The normalized spacial score (nSPS) is 13.4. The first-order valence-corrected chi connectivity index (χ1v) is 10.6. The number of benzene rings is 2. The second-order valence-corrected chi connectivity index (χ2v) is 8.47. The van der Waals surface area contributed by atoms with Crippen molar-refractivity contribution in [3.8, 4) is 0 Å². The summed E-state index contributed by atoms with van der Waals surface area (Å²) in [5.74, 6) is -2.58. The molecule has 7 nitrogen and oxygen atoms in total. The molecule has 0 fully saturated rings. The molecule has 2 amide bonds. The molecule has 0 bridgehead atoms. The average Bonchev–Trinajstić information content (AvgIpc) is 2.99. The van der Waals surface area contributed by atoms with Gasteiger partial charge in [-0.2, -0.15) is 0 Å². The molecule has 1 N–H and O–H groups in total. The topological polar surface area (TPSA) is 96.4 Å². The number of pyridine rings is 1. The van der Waals surface area contributed by atoms with Gasteiger partial charge < -0.3 is 0 Å². The lowest BCUT2D eigenvalue weighted by Gasteiger charge is -2.14. The minimum Gasteiger partial charge on any atom is -0.277 e. The quantitative estimate of drug-likeness (QED) is 0.591. The molecule has 158 valence electrons. The Morgan fingerprint density at radius 2 is 1.71 bits per heavy atom. The molecule has 1 aliphatic rings. The highest BCUT2D eigenvalue weighted by molar-refractivity contribution is 7.92. The molecule has 0 unspecified atom stereocenters. The Bertz CT molecular complexity index is 1260. The Morgan fingerprint density at radius 1 is 0.968 bits per heavy atom. The van der Waals surface area contributed by atoms with E-state index in [4.69, 9.17) is 0 Å². The van der Waals surface area contributed by atoms with Gasteiger partial charge in [0.15, 0.2) is 0 Å². The van der Waals surface area contributed by atoms with E-state index in [0.29, 0.717) is 12.0 Å². The largest absolute Gasteiger partial charge is 0.280 e. The third kappa shape index (κ3) is 4.02. The summed E-state index contributed by atoms with van der Waals surface area (Å²) in [5.41, 5.74) is 0.554. The zero-order valence-corrected chi connectivity index (χ0v) is 16.7. The fraction of sp³-hybridized carbons (Fsp3) is 0.0952. The number of amides is 2. The highest BCUT2D eigenvalue weighted by Crippen LogP contribution is 2.22. The van der Waals surface area contributed by atoms with E-state index in [1.807, 2.05) is 4.72 Å². The van der Waals surface area contributed by atoms with Crippen LogP contribution in [0.5, 0.6) is 0 Å². The van der Waals surface area contributed by atoms with Crippen molar-refractivity contribution in [3.05, 3.63) is 89.2 Å². The number of carbonyl (C=O) groups is 2. The van der Waals surface area contributed by atoms with Crippen LogP contribution in [-0.4, -0.2) is 36.7 Å². The van der Waals surface area contributed by atoms with Crippen LogP contribution in [-0.2, 0) is 16.4 Å². The zero-order chi connectivity index (χ0) is 22.2. The Morgan fingerprint density at radius 3 is 2.42 bits per heavy atom. The molecule has 0 spiro atoms. The summed E-state index contributed by atoms with van der Waals surface area (Å²) in [4.78, 5) is 29.6. The van der Waals surface area contributed by atoms with Crippen molar-refractivity contribution >= 4 is 27.5 Å². The van der Waals surface area contributed by atoms with Crippen molar-refractivity contribution in [1.29, 1.82) is 0 Å². The molecular formula is C21H15F2N3O4S. The maximum atomic E-state index is 13.7. The molecule has 2 aromatic carbocycles. The lowest BCUT2D eigenvalue weighted by Crippen LogP contribution is -2.31. The Hall–Kier alpha value is -3.66. The summed E-state index contributed by atoms with van der Waals surface area (Å²) in [5, 5.41) is 0. The number of fused-ring (bicyclic) bond motifs is 1. The summed E-state index contributed by atoms with van der Waals surface area (Å²) < 4.78 is 53.9. The molecule has 3 aromatic rings. The van der Waals surface area contributed by atoms with Crippen LogP contribution < -0.4 is 4.72 Å². The minimum atomic E-state index is -4.14. The van der Waals surface area contributed by atoms with Crippen LogP contribution >= 0.6 is 0 Å². The summed E-state index contributed by atoms with van der Waals surface area (Å²) in [6, 6.07) is 11.2. The lowest BCUT2D eigenvalue weighted by molar-refractivity contribution is 0.0654. The highest BCUT2D eigenvalue weighted by atomic mass is 32.2. The highest BCUT2D eigenvalue weighted by Gasteiger charge is 2.36. The number of sulfonamides is 1. The van der Waals surface area contributed by atoms with Gasteiger partial charge in [-0.15, -0.1) is 0 Å². The van der Waals surface area contributed by atoms with E-state index in [9.17, 15) is 26.8 Å². The number of anilines is 1. The SMILES string of the molecule is O=C1c2cccnc2C(=O)N1CCc1ccc(S(=O)(=O)Nc2cc(F)ccc2F)cc1. The number of aromatic nitrogens is 1. The first-order chi connectivity index (χ1) is 14.8. The van der Waals surface area contributed by atoms with E-state index in [1.165, 1.54) is 36.5 Å². The number of nitrogens with one attached hydrogen (secondary N) is 1. The molecule has 0 saturated carbocycles. The van der Waals surface area contributed by atoms with Gasteiger partial charge in [-0.05, 0) is 48.4 Å². The molecule has 0 saturated heterocycles. The second kappa shape index (κ2) is 7.88. The molecule has 31 heavy (non-hydrogen) atoms. The number of halogens is 2. The van der Waals surface area contributed by atoms with E-state index >= 15 is 0 Å². The smallest absolute Gasteiger partial charge is 0.277 e. The van der Waals surface area contributed by atoms with Crippen LogP contribution in [0.25, 0.3) is 0 Å². The van der Waals surface area contributed by atoms with E-state index in [1.54, 1.807) is 6.07 Å². The second-order valence-electron chi connectivity index (χ2n) is 6.79. The van der Waals surface area contributed by atoms with Crippen molar-refractivity contribution in [2.24, 2.45) is 0 Å². The van der Waals surface area contributed by atoms with Crippen LogP contribution in [0.1, 0.15) is 26.4 Å². The first-order valence-electron chi connectivity index (χ1n) is 9.14. The predicted octanol–water partition coefficient (Wildman–Crippen LogP) is 3.00. The summed E-state index contributed by atoms with van der Waals surface area (Å²) in [6.45, 7) is 0.104. The number of hydrogen-bond donors (Lipinski definition) is 1. The van der Waals surface area contributed by atoms with Crippen molar-refractivity contribution in [2.75, 3.05) is 11.3 Å². The zero-order valence-electron chi connectivity index (χ0n) is 15.9. The van der Waals surface area contributed by atoms with Crippen LogP contribution in [0.3, 0.4) is 0 Å². The van der Waals surface area contributed by atoms with Crippen LogP contribution in [0.15, 0.2) is 65.7 Å². The molecule has 10 heteroatoms. The fourth-order valence-electron chi connectivity index (χ4n) is 3.17. The van der Waals surface area contributed by atoms with Gasteiger partial charge in [-0.3, -0.25) is 24.2 Å². The Balaban J connectivity index is 1.45. The van der Waals surface area contributed by atoms with Gasteiger partial charge in [-0.25, -0.2) is 17.2 Å². The number of nitrogens with zero attached hydrogens (tertiary/aromatic N) is 2. The monoisotopic (exact) mass is 443 g/mol. The third-order valence-electron chi connectivity index (χ3n) is 4.76. The van der Waals surface area contributed by atoms with Gasteiger partial charge in [0.2, 0.25) is 0 Å². The molecule has 0 atom stereocenters. The van der Waals surface area contributed by atoms with E-state index in [-0.39, 0.29) is 22.7 Å². The summed E-state index contributed by atoms with van der Waals surface area (Å²) >= 11 is 0. The van der Waals surface area contributed by atoms with Gasteiger partial charge in [0.25, 0.3) is 21.8 Å². The number of carbonyl (C=O) groups excluding carboxylic acids is 2. The molecule has 0 aliphatic carbocycles. The van der Waals surface area contributed by atoms with Gasteiger partial charge in [0, 0.05) is 18.8 Å². The molecule has 1 aliphatic heterocycles. The molecule has 2 heterocycles. The minimum absolute atomic E-state index is 0.104. The standard InChI is InChI=1S/C21H15F2N3O4S/c22-14-5-8-17(23)18(12-14)25-31(29,30)15-6-3-13(4-7-15)9-11-26-20(27)16-2-1-10-24-19(16)21(26)28/h1-8,10,12,25H,9,11H2. The molecule has 1 aromatic heterocycles. The van der Waals surface area contributed by atoms with Crippen LogP contribution in [0.2, 0.25) is 0 Å². The van der Waals surface area contributed by atoms with Gasteiger partial charge in [-0.1, -0.05) is 12.1 Å². The third-order valence-corrected chi connectivity index (χ3v) is 6.14. The molecular weight excluding hydrogens is 428 g/mol. The lowest BCUT2D eigenvalue weighted by atomic mass is 10.1.